The number of likely N-dealkylation sites (N-methyl/N-ethyl adjacent to an activating group) is 1. The molecule has 2 aromatic heterocycles. The number of hydrogen-bond donors (Lipinski definition) is 1. The first kappa shape index (κ1) is 21.7. The maximum atomic E-state index is 13.1. The molecule has 172 valence electrons. The quantitative estimate of drug-likeness (QED) is 0.619. The number of halogens is 1. The second kappa shape index (κ2) is 8.99. The first-order valence-electron chi connectivity index (χ1n) is 11.1. The van der Waals surface area contributed by atoms with Gasteiger partial charge in [0.05, 0.1) is 25.1 Å². The lowest BCUT2D eigenvalue weighted by Crippen LogP contribution is -2.37. The lowest BCUT2D eigenvalue weighted by molar-refractivity contribution is -0.127. The van der Waals surface area contributed by atoms with Gasteiger partial charge in [-0.1, -0.05) is 11.6 Å². The van der Waals surface area contributed by atoms with Crippen LogP contribution in [0.2, 0.25) is 5.02 Å². The number of ether oxygens (including phenoxy) is 1. The van der Waals surface area contributed by atoms with Crippen molar-refractivity contribution < 1.29 is 14.3 Å². The van der Waals surface area contributed by atoms with Crippen LogP contribution in [0.4, 0.5) is 11.5 Å². The van der Waals surface area contributed by atoms with Crippen LogP contribution in [-0.4, -0.2) is 70.7 Å². The van der Waals surface area contributed by atoms with Crippen LogP contribution in [0.1, 0.15) is 35.3 Å². The Morgan fingerprint density at radius 3 is 2.70 bits per heavy atom. The van der Waals surface area contributed by atoms with Crippen molar-refractivity contribution in [2.45, 2.75) is 19.3 Å². The molecule has 5 rings (SSSR count). The molecule has 0 bridgehead atoms. The second-order valence-corrected chi connectivity index (χ2v) is 8.66. The van der Waals surface area contributed by atoms with E-state index in [4.69, 9.17) is 21.3 Å². The molecule has 2 saturated heterocycles. The second-order valence-electron chi connectivity index (χ2n) is 8.23. The molecular weight excluding hydrogens is 444 g/mol. The molecule has 2 fully saturated rings. The van der Waals surface area contributed by atoms with E-state index in [9.17, 15) is 9.59 Å². The molecule has 0 aliphatic carbocycles. The van der Waals surface area contributed by atoms with Crippen LogP contribution < -0.4 is 10.2 Å². The highest BCUT2D eigenvalue weighted by Crippen LogP contribution is 2.31. The van der Waals surface area contributed by atoms with Gasteiger partial charge in [0, 0.05) is 55.3 Å². The zero-order valence-electron chi connectivity index (χ0n) is 18.3. The van der Waals surface area contributed by atoms with Crippen molar-refractivity contribution in [3.8, 4) is 0 Å². The SMILES string of the molecule is CCN1CC(c2cc(N3CCOCC3)n3ncc(C(=O)Nc4ccc(Cl)cc4)c3n2)CC1=O. The van der Waals surface area contributed by atoms with Crippen molar-refractivity contribution in [1.29, 1.82) is 0 Å². The number of carbonyl (C=O) groups excluding carboxylic acids is 2. The number of amides is 2. The van der Waals surface area contributed by atoms with Gasteiger partial charge in [-0.2, -0.15) is 9.61 Å². The summed E-state index contributed by atoms with van der Waals surface area (Å²) in [6.45, 7) is 5.96. The third-order valence-electron chi connectivity index (χ3n) is 6.17. The van der Waals surface area contributed by atoms with Gasteiger partial charge in [0.15, 0.2) is 5.65 Å². The molecule has 4 heterocycles. The molecule has 1 N–H and O–H groups in total. The van der Waals surface area contributed by atoms with E-state index in [0.29, 0.717) is 54.6 Å². The predicted molar refractivity (Wildman–Crippen MR) is 125 cm³/mol. The summed E-state index contributed by atoms with van der Waals surface area (Å²) < 4.78 is 7.22. The van der Waals surface area contributed by atoms with Crippen molar-refractivity contribution in [3.05, 3.63) is 52.8 Å². The van der Waals surface area contributed by atoms with Crippen molar-refractivity contribution in [2.24, 2.45) is 0 Å². The molecular formula is C23H25ClN6O3. The fraction of sp³-hybridized carbons (Fsp3) is 0.391. The number of aromatic nitrogens is 3. The average molecular weight is 469 g/mol. The number of likely N-dealkylation sites (tertiary alicyclic amines) is 1. The van der Waals surface area contributed by atoms with E-state index in [2.05, 4.69) is 15.3 Å². The number of nitrogens with one attached hydrogen (secondary N) is 1. The number of benzene rings is 1. The average Bonchev–Trinajstić information content (AvgIpc) is 3.43. The monoisotopic (exact) mass is 468 g/mol. The van der Waals surface area contributed by atoms with E-state index in [-0.39, 0.29) is 17.7 Å². The van der Waals surface area contributed by atoms with Gasteiger partial charge in [-0.25, -0.2) is 4.98 Å². The minimum Gasteiger partial charge on any atom is -0.378 e. The molecule has 0 radical (unpaired) electrons. The zero-order chi connectivity index (χ0) is 22.9. The Hall–Kier alpha value is -3.17. The minimum atomic E-state index is -0.303. The Kier molecular flexibility index (Phi) is 5.90. The largest absolute Gasteiger partial charge is 0.378 e. The summed E-state index contributed by atoms with van der Waals surface area (Å²) in [6.07, 6.45) is 1.96. The summed E-state index contributed by atoms with van der Waals surface area (Å²) in [5.41, 5.74) is 2.28. The number of morpholine rings is 1. The number of rotatable bonds is 5. The third-order valence-corrected chi connectivity index (χ3v) is 6.42. The number of nitrogens with zero attached hydrogens (tertiary/aromatic N) is 5. The smallest absolute Gasteiger partial charge is 0.261 e. The van der Waals surface area contributed by atoms with Gasteiger partial charge in [0.1, 0.15) is 11.4 Å². The van der Waals surface area contributed by atoms with Gasteiger partial charge < -0.3 is 19.9 Å². The Morgan fingerprint density at radius 1 is 1.24 bits per heavy atom. The summed E-state index contributed by atoms with van der Waals surface area (Å²) in [6, 6.07) is 8.93. The summed E-state index contributed by atoms with van der Waals surface area (Å²) in [5.74, 6) is 0.657. The van der Waals surface area contributed by atoms with Gasteiger partial charge in [-0.15, -0.1) is 0 Å². The maximum absolute atomic E-state index is 13.1. The van der Waals surface area contributed by atoms with E-state index >= 15 is 0 Å². The van der Waals surface area contributed by atoms with Crippen molar-refractivity contribution in [1.82, 2.24) is 19.5 Å². The zero-order valence-corrected chi connectivity index (χ0v) is 19.1. The van der Waals surface area contributed by atoms with Crippen LogP contribution in [-0.2, 0) is 9.53 Å². The lowest BCUT2D eigenvalue weighted by Gasteiger charge is -2.29. The van der Waals surface area contributed by atoms with Crippen LogP contribution >= 0.6 is 11.6 Å². The maximum Gasteiger partial charge on any atom is 0.261 e. The molecule has 33 heavy (non-hydrogen) atoms. The van der Waals surface area contributed by atoms with Crippen LogP contribution in [0.3, 0.4) is 0 Å². The molecule has 1 aromatic carbocycles. The minimum absolute atomic E-state index is 0.0238. The normalized spacial score (nSPS) is 18.8. The van der Waals surface area contributed by atoms with E-state index in [1.165, 1.54) is 0 Å². The van der Waals surface area contributed by atoms with Crippen LogP contribution in [0.15, 0.2) is 36.5 Å². The number of anilines is 2. The molecule has 1 unspecified atom stereocenters. The van der Waals surface area contributed by atoms with Crippen LogP contribution in [0, 0.1) is 0 Å². The number of hydrogen-bond acceptors (Lipinski definition) is 6. The van der Waals surface area contributed by atoms with Gasteiger partial charge in [0.2, 0.25) is 5.91 Å². The fourth-order valence-corrected chi connectivity index (χ4v) is 4.49. The predicted octanol–water partition coefficient (Wildman–Crippen LogP) is 2.81. The lowest BCUT2D eigenvalue weighted by atomic mass is 10.0. The summed E-state index contributed by atoms with van der Waals surface area (Å²) >= 11 is 5.95. The Balaban J connectivity index is 1.54. The fourth-order valence-electron chi connectivity index (χ4n) is 4.36. The molecule has 2 amide bonds. The molecule has 0 spiro atoms. The third kappa shape index (κ3) is 4.26. The Morgan fingerprint density at radius 2 is 2.00 bits per heavy atom. The Bertz CT molecular complexity index is 1190. The first-order valence-corrected chi connectivity index (χ1v) is 11.5. The standard InChI is InChI=1S/C23H25ClN6O3/c1-2-28-14-15(11-21(28)31)19-12-20(29-7-9-33-10-8-29)30-22(27-19)18(13-25-30)23(32)26-17-5-3-16(24)4-6-17/h3-6,12-13,15H,2,7-11,14H2,1H3,(H,26,32). The highest BCUT2D eigenvalue weighted by Gasteiger charge is 2.32. The molecule has 2 aliphatic rings. The van der Waals surface area contributed by atoms with E-state index < -0.39 is 0 Å². The highest BCUT2D eigenvalue weighted by molar-refractivity contribution is 6.30. The topological polar surface area (TPSA) is 92.1 Å². The number of fused-ring (bicyclic) bond motifs is 1. The summed E-state index contributed by atoms with van der Waals surface area (Å²) in [7, 11) is 0. The summed E-state index contributed by atoms with van der Waals surface area (Å²) in [4.78, 5) is 34.3. The van der Waals surface area contributed by atoms with Gasteiger partial charge >= 0.3 is 0 Å². The molecule has 3 aromatic rings. The summed E-state index contributed by atoms with van der Waals surface area (Å²) in [5, 5.41) is 7.98. The molecule has 1 atom stereocenters. The van der Waals surface area contributed by atoms with Crippen molar-refractivity contribution in [3.63, 3.8) is 0 Å². The number of carbonyl (C=O) groups is 2. The molecule has 0 saturated carbocycles. The van der Waals surface area contributed by atoms with Crippen LogP contribution in [0.25, 0.3) is 5.65 Å². The van der Waals surface area contributed by atoms with E-state index in [1.807, 2.05) is 17.9 Å². The van der Waals surface area contributed by atoms with Crippen molar-refractivity contribution >= 4 is 40.6 Å². The van der Waals surface area contributed by atoms with Gasteiger partial charge in [0.25, 0.3) is 5.91 Å². The highest BCUT2D eigenvalue weighted by atomic mass is 35.5. The Labute approximate surface area is 196 Å². The van der Waals surface area contributed by atoms with Crippen LogP contribution in [0.5, 0.6) is 0 Å². The van der Waals surface area contributed by atoms with E-state index in [1.54, 1.807) is 35.0 Å². The van der Waals surface area contributed by atoms with Crippen molar-refractivity contribution in [2.75, 3.05) is 49.6 Å². The van der Waals surface area contributed by atoms with Gasteiger partial charge in [-0.05, 0) is 31.2 Å². The first-order chi connectivity index (χ1) is 16.0. The molecule has 2 aliphatic heterocycles. The van der Waals surface area contributed by atoms with E-state index in [0.717, 1.165) is 24.6 Å². The molecule has 9 nitrogen and oxygen atoms in total. The van der Waals surface area contributed by atoms with Gasteiger partial charge in [-0.3, -0.25) is 9.59 Å². The molecule has 10 heteroatoms.